The molecule has 1 N–H and O–H groups in total. The van der Waals surface area contributed by atoms with E-state index in [4.69, 9.17) is 16.3 Å². The van der Waals surface area contributed by atoms with Gasteiger partial charge in [0.15, 0.2) is 6.10 Å². The van der Waals surface area contributed by atoms with Crippen LogP contribution < -0.4 is 10.1 Å². The third kappa shape index (κ3) is 4.20. The minimum absolute atomic E-state index is 0.0732. The molecule has 5 heteroatoms. The second-order valence-electron chi connectivity index (χ2n) is 4.69. The Balaban J connectivity index is 2.02. The van der Waals surface area contributed by atoms with Crippen LogP contribution in [0.2, 0.25) is 5.02 Å². The van der Waals surface area contributed by atoms with E-state index in [-0.39, 0.29) is 10.7 Å². The molecule has 2 rings (SSSR count). The van der Waals surface area contributed by atoms with Crippen LogP contribution in [-0.2, 0) is 4.79 Å². The first-order chi connectivity index (χ1) is 9.95. The molecule has 1 amide bonds. The number of hydrogen-bond acceptors (Lipinski definition) is 2. The summed E-state index contributed by atoms with van der Waals surface area (Å²) < 4.78 is 19.1. The highest BCUT2D eigenvalue weighted by atomic mass is 35.5. The molecule has 0 aromatic heterocycles. The molecule has 0 aliphatic rings. The molecule has 0 saturated carbocycles. The zero-order valence-electron chi connectivity index (χ0n) is 11.7. The Morgan fingerprint density at radius 3 is 2.71 bits per heavy atom. The largest absolute Gasteiger partial charge is 0.481 e. The summed E-state index contributed by atoms with van der Waals surface area (Å²) in [7, 11) is 0. The average Bonchev–Trinajstić information content (AvgIpc) is 2.41. The first-order valence-corrected chi connectivity index (χ1v) is 6.83. The summed E-state index contributed by atoms with van der Waals surface area (Å²) in [5.74, 6) is -0.425. The van der Waals surface area contributed by atoms with Crippen LogP contribution in [0.15, 0.2) is 42.5 Å². The average molecular weight is 308 g/mol. The van der Waals surface area contributed by atoms with Crippen molar-refractivity contribution in [2.45, 2.75) is 20.0 Å². The molecule has 0 unspecified atom stereocenters. The molecule has 110 valence electrons. The number of carbonyl (C=O) groups is 1. The zero-order valence-corrected chi connectivity index (χ0v) is 12.4. The van der Waals surface area contributed by atoms with Crippen LogP contribution in [0.3, 0.4) is 0 Å². The minimum atomic E-state index is -0.748. The van der Waals surface area contributed by atoms with Crippen LogP contribution in [0.5, 0.6) is 5.75 Å². The van der Waals surface area contributed by atoms with Crippen LogP contribution in [0.1, 0.15) is 12.5 Å². The molecule has 0 spiro atoms. The van der Waals surface area contributed by atoms with E-state index in [1.54, 1.807) is 13.0 Å². The maximum absolute atomic E-state index is 13.6. The standard InChI is InChI=1S/C16H15ClFNO2/c1-10-4-3-5-13(8-10)21-11(2)16(20)19-15-7-6-12(17)9-14(15)18/h3-9,11H,1-2H3,(H,19,20)/t11-/m0/s1. The predicted molar refractivity (Wildman–Crippen MR) is 81.3 cm³/mol. The monoisotopic (exact) mass is 307 g/mol. The molecule has 1 atom stereocenters. The highest BCUT2D eigenvalue weighted by Crippen LogP contribution is 2.20. The third-order valence-electron chi connectivity index (χ3n) is 2.86. The summed E-state index contributed by atoms with van der Waals surface area (Å²) in [6.07, 6.45) is -0.748. The van der Waals surface area contributed by atoms with Gasteiger partial charge in [-0.15, -0.1) is 0 Å². The first kappa shape index (κ1) is 15.3. The van der Waals surface area contributed by atoms with Crippen LogP contribution in [0.25, 0.3) is 0 Å². The van der Waals surface area contributed by atoms with E-state index >= 15 is 0 Å². The van der Waals surface area contributed by atoms with Gasteiger partial charge in [0, 0.05) is 5.02 Å². The van der Waals surface area contributed by atoms with E-state index in [0.29, 0.717) is 5.75 Å². The van der Waals surface area contributed by atoms with E-state index in [1.165, 1.54) is 12.1 Å². The molecule has 2 aromatic rings. The third-order valence-corrected chi connectivity index (χ3v) is 3.10. The fraction of sp³-hybridized carbons (Fsp3) is 0.188. The molecule has 0 aliphatic heterocycles. The number of hydrogen-bond donors (Lipinski definition) is 1. The second kappa shape index (κ2) is 6.59. The Morgan fingerprint density at radius 2 is 2.05 bits per heavy atom. The van der Waals surface area contributed by atoms with Gasteiger partial charge in [-0.05, 0) is 49.7 Å². The smallest absolute Gasteiger partial charge is 0.265 e. The number of rotatable bonds is 4. The van der Waals surface area contributed by atoms with E-state index in [9.17, 15) is 9.18 Å². The van der Waals surface area contributed by atoms with Crippen LogP contribution in [0, 0.1) is 12.7 Å². The van der Waals surface area contributed by atoms with Gasteiger partial charge in [-0.2, -0.15) is 0 Å². The lowest BCUT2D eigenvalue weighted by Gasteiger charge is -2.15. The molecule has 0 fully saturated rings. The van der Waals surface area contributed by atoms with Crippen molar-refractivity contribution in [3.05, 3.63) is 58.9 Å². The number of anilines is 1. The van der Waals surface area contributed by atoms with Crippen molar-refractivity contribution >= 4 is 23.2 Å². The van der Waals surface area contributed by atoms with Crippen LogP contribution >= 0.6 is 11.6 Å². The first-order valence-electron chi connectivity index (χ1n) is 6.45. The van der Waals surface area contributed by atoms with Crippen LogP contribution in [-0.4, -0.2) is 12.0 Å². The molecule has 2 aromatic carbocycles. The Bertz CT molecular complexity index is 660. The SMILES string of the molecule is Cc1cccc(O[C@@H](C)C(=O)Nc2ccc(Cl)cc2F)c1. The lowest BCUT2D eigenvalue weighted by atomic mass is 10.2. The molecule has 0 bridgehead atoms. The molecule has 0 radical (unpaired) electrons. The van der Waals surface area contributed by atoms with Crippen molar-refractivity contribution in [1.29, 1.82) is 0 Å². The molecule has 0 saturated heterocycles. The molecule has 0 aliphatic carbocycles. The van der Waals surface area contributed by atoms with E-state index in [2.05, 4.69) is 5.32 Å². The summed E-state index contributed by atoms with van der Waals surface area (Å²) in [5.41, 5.74) is 1.10. The van der Waals surface area contributed by atoms with Gasteiger partial charge in [0.25, 0.3) is 5.91 Å². The normalized spacial score (nSPS) is 11.8. The summed E-state index contributed by atoms with van der Waals surface area (Å²) in [4.78, 5) is 12.0. The Hall–Kier alpha value is -2.07. The number of nitrogens with one attached hydrogen (secondary N) is 1. The predicted octanol–water partition coefficient (Wildman–Crippen LogP) is 4.19. The number of amides is 1. The maximum atomic E-state index is 13.6. The molecule has 3 nitrogen and oxygen atoms in total. The number of benzene rings is 2. The fourth-order valence-corrected chi connectivity index (χ4v) is 1.93. The van der Waals surface area contributed by atoms with Crippen molar-refractivity contribution in [2.75, 3.05) is 5.32 Å². The highest BCUT2D eigenvalue weighted by Gasteiger charge is 2.16. The fourth-order valence-electron chi connectivity index (χ4n) is 1.77. The van der Waals surface area contributed by atoms with Gasteiger partial charge >= 0.3 is 0 Å². The van der Waals surface area contributed by atoms with Gasteiger partial charge in [0.2, 0.25) is 0 Å². The minimum Gasteiger partial charge on any atom is -0.481 e. The van der Waals surface area contributed by atoms with E-state index in [1.807, 2.05) is 25.1 Å². The number of aryl methyl sites for hydroxylation is 1. The molecule has 0 heterocycles. The van der Waals surface area contributed by atoms with Crippen LogP contribution in [0.4, 0.5) is 10.1 Å². The zero-order chi connectivity index (χ0) is 15.4. The van der Waals surface area contributed by atoms with Gasteiger partial charge in [0.1, 0.15) is 11.6 Å². The summed E-state index contributed by atoms with van der Waals surface area (Å²) in [6, 6.07) is 11.4. The second-order valence-corrected chi connectivity index (χ2v) is 5.13. The van der Waals surface area contributed by atoms with Crippen molar-refractivity contribution in [3.63, 3.8) is 0 Å². The van der Waals surface area contributed by atoms with Gasteiger partial charge < -0.3 is 10.1 Å². The molecular formula is C16H15ClFNO2. The van der Waals surface area contributed by atoms with Gasteiger partial charge in [-0.25, -0.2) is 4.39 Å². The van der Waals surface area contributed by atoms with Gasteiger partial charge in [0.05, 0.1) is 5.69 Å². The maximum Gasteiger partial charge on any atom is 0.265 e. The summed E-state index contributed by atoms with van der Waals surface area (Å²) in [5, 5.41) is 2.75. The van der Waals surface area contributed by atoms with Crippen molar-refractivity contribution < 1.29 is 13.9 Å². The van der Waals surface area contributed by atoms with E-state index in [0.717, 1.165) is 11.6 Å². The Kier molecular flexibility index (Phi) is 4.81. The lowest BCUT2D eigenvalue weighted by molar-refractivity contribution is -0.122. The topological polar surface area (TPSA) is 38.3 Å². The summed E-state index contributed by atoms with van der Waals surface area (Å²) in [6.45, 7) is 3.53. The Morgan fingerprint density at radius 1 is 1.29 bits per heavy atom. The number of ether oxygens (including phenoxy) is 1. The summed E-state index contributed by atoms with van der Waals surface area (Å²) >= 11 is 5.66. The van der Waals surface area contributed by atoms with Gasteiger partial charge in [-0.3, -0.25) is 4.79 Å². The molecular weight excluding hydrogens is 293 g/mol. The Labute approximate surface area is 127 Å². The highest BCUT2D eigenvalue weighted by molar-refractivity contribution is 6.30. The number of halogens is 2. The van der Waals surface area contributed by atoms with Crippen molar-refractivity contribution in [2.24, 2.45) is 0 Å². The van der Waals surface area contributed by atoms with Crippen molar-refractivity contribution in [1.82, 2.24) is 0 Å². The number of carbonyl (C=O) groups excluding carboxylic acids is 1. The van der Waals surface area contributed by atoms with Crippen molar-refractivity contribution in [3.8, 4) is 5.75 Å². The lowest BCUT2D eigenvalue weighted by Crippen LogP contribution is -2.30. The quantitative estimate of drug-likeness (QED) is 0.919. The molecule has 21 heavy (non-hydrogen) atoms. The van der Waals surface area contributed by atoms with E-state index < -0.39 is 17.8 Å². The van der Waals surface area contributed by atoms with Gasteiger partial charge in [-0.1, -0.05) is 23.7 Å².